The molecule has 1 rings (SSSR count). The van der Waals surface area contributed by atoms with Crippen LogP contribution in [0, 0.1) is 0 Å². The minimum Gasteiger partial charge on any atom is -0.444 e. The third kappa shape index (κ3) is 6.25. The standard InChI is InChI=1S/C14H29N3O2/c1-10(16-13(18)19-14(3,4)5)8-15-12-7-11(2)17(6)9-12/h10-12,15H,7-9H2,1-6H3,(H,16,18). The first kappa shape index (κ1) is 16.2. The van der Waals surface area contributed by atoms with Crippen LogP contribution >= 0.6 is 0 Å². The van der Waals surface area contributed by atoms with E-state index in [1.807, 2.05) is 27.7 Å². The van der Waals surface area contributed by atoms with Crippen LogP contribution in [0.25, 0.3) is 0 Å². The largest absolute Gasteiger partial charge is 0.444 e. The van der Waals surface area contributed by atoms with Gasteiger partial charge in [0.15, 0.2) is 0 Å². The number of nitrogens with one attached hydrogen (secondary N) is 2. The molecule has 0 bridgehead atoms. The number of rotatable bonds is 4. The van der Waals surface area contributed by atoms with Crippen molar-refractivity contribution < 1.29 is 9.53 Å². The van der Waals surface area contributed by atoms with Crippen LogP contribution in [0.1, 0.15) is 41.0 Å². The first-order chi connectivity index (χ1) is 8.67. The summed E-state index contributed by atoms with van der Waals surface area (Å²) >= 11 is 0. The Labute approximate surface area is 117 Å². The predicted molar refractivity (Wildman–Crippen MR) is 77.3 cm³/mol. The molecule has 3 unspecified atom stereocenters. The van der Waals surface area contributed by atoms with Crippen molar-refractivity contribution in [2.75, 3.05) is 20.1 Å². The molecule has 1 aliphatic heterocycles. The number of amides is 1. The van der Waals surface area contributed by atoms with Crippen LogP contribution in [0.5, 0.6) is 0 Å². The van der Waals surface area contributed by atoms with E-state index in [0.29, 0.717) is 12.1 Å². The lowest BCUT2D eigenvalue weighted by molar-refractivity contribution is 0.0507. The Morgan fingerprint density at radius 2 is 2.11 bits per heavy atom. The third-order valence-corrected chi connectivity index (χ3v) is 3.36. The number of likely N-dealkylation sites (tertiary alicyclic amines) is 1. The molecule has 0 aromatic rings. The van der Waals surface area contributed by atoms with Gasteiger partial charge < -0.3 is 20.3 Å². The van der Waals surface area contributed by atoms with Gasteiger partial charge in [0.2, 0.25) is 0 Å². The van der Waals surface area contributed by atoms with Crippen LogP contribution in [-0.4, -0.2) is 54.9 Å². The molecule has 5 heteroatoms. The Bertz CT molecular complexity index is 292. The number of nitrogens with zero attached hydrogens (tertiary/aromatic N) is 1. The highest BCUT2D eigenvalue weighted by Gasteiger charge is 2.26. The summed E-state index contributed by atoms with van der Waals surface area (Å²) in [6.45, 7) is 11.7. The maximum absolute atomic E-state index is 11.6. The normalized spacial score (nSPS) is 26.2. The van der Waals surface area contributed by atoms with Crippen LogP contribution < -0.4 is 10.6 Å². The highest BCUT2D eigenvalue weighted by atomic mass is 16.6. The lowest BCUT2D eigenvalue weighted by Crippen LogP contribution is -2.45. The molecule has 1 saturated heterocycles. The molecule has 1 amide bonds. The molecule has 112 valence electrons. The number of hydrogen-bond donors (Lipinski definition) is 2. The molecule has 0 aromatic carbocycles. The Morgan fingerprint density at radius 1 is 1.47 bits per heavy atom. The number of carbonyl (C=O) groups excluding carboxylic acids is 1. The minimum atomic E-state index is -0.444. The first-order valence-electron chi connectivity index (χ1n) is 7.10. The molecule has 1 aliphatic rings. The van der Waals surface area contributed by atoms with Gasteiger partial charge in [-0.1, -0.05) is 0 Å². The highest BCUT2D eigenvalue weighted by Crippen LogP contribution is 2.14. The summed E-state index contributed by atoms with van der Waals surface area (Å²) in [5.41, 5.74) is -0.444. The molecule has 0 radical (unpaired) electrons. The fourth-order valence-corrected chi connectivity index (χ4v) is 2.24. The van der Waals surface area contributed by atoms with Crippen LogP contribution in [0.4, 0.5) is 4.79 Å². The van der Waals surface area contributed by atoms with Gasteiger partial charge in [0.25, 0.3) is 0 Å². The Morgan fingerprint density at radius 3 is 2.58 bits per heavy atom. The van der Waals surface area contributed by atoms with Crippen LogP contribution in [-0.2, 0) is 4.74 Å². The Hall–Kier alpha value is -0.810. The van der Waals surface area contributed by atoms with Crippen molar-refractivity contribution >= 4 is 6.09 Å². The fraction of sp³-hybridized carbons (Fsp3) is 0.929. The molecular weight excluding hydrogens is 242 g/mol. The SMILES string of the molecule is CC(CNC1CC(C)N(C)C1)NC(=O)OC(C)(C)C. The van der Waals surface area contributed by atoms with E-state index in [4.69, 9.17) is 4.74 Å². The van der Waals surface area contributed by atoms with Gasteiger partial charge in [-0.3, -0.25) is 0 Å². The van der Waals surface area contributed by atoms with Gasteiger partial charge >= 0.3 is 6.09 Å². The van der Waals surface area contributed by atoms with Crippen molar-refractivity contribution in [1.82, 2.24) is 15.5 Å². The van der Waals surface area contributed by atoms with E-state index < -0.39 is 5.60 Å². The topological polar surface area (TPSA) is 53.6 Å². The quantitative estimate of drug-likeness (QED) is 0.815. The molecular formula is C14H29N3O2. The molecule has 3 atom stereocenters. The van der Waals surface area contributed by atoms with E-state index in [1.54, 1.807) is 0 Å². The van der Waals surface area contributed by atoms with E-state index in [1.165, 1.54) is 0 Å². The summed E-state index contributed by atoms with van der Waals surface area (Å²) in [5.74, 6) is 0. The maximum Gasteiger partial charge on any atom is 0.407 e. The number of ether oxygens (including phenoxy) is 1. The van der Waals surface area contributed by atoms with Gasteiger partial charge in [0, 0.05) is 31.2 Å². The Balaban J connectivity index is 2.21. The molecule has 19 heavy (non-hydrogen) atoms. The molecule has 0 saturated carbocycles. The second kappa shape index (κ2) is 6.57. The summed E-state index contributed by atoms with van der Waals surface area (Å²) in [5, 5.41) is 6.34. The van der Waals surface area contributed by atoms with Gasteiger partial charge in [-0.2, -0.15) is 0 Å². The summed E-state index contributed by atoms with van der Waals surface area (Å²) in [6.07, 6.45) is 0.814. The highest BCUT2D eigenvalue weighted by molar-refractivity contribution is 5.68. The predicted octanol–water partition coefficient (Wildman–Crippen LogP) is 1.58. The number of alkyl carbamates (subject to hydrolysis) is 1. The lowest BCUT2D eigenvalue weighted by Gasteiger charge is -2.23. The summed E-state index contributed by atoms with van der Waals surface area (Å²) in [4.78, 5) is 14.0. The molecule has 1 heterocycles. The van der Waals surface area contributed by atoms with Crippen molar-refractivity contribution in [2.24, 2.45) is 0 Å². The summed E-state index contributed by atoms with van der Waals surface area (Å²) < 4.78 is 5.23. The van der Waals surface area contributed by atoms with Gasteiger partial charge in [0.05, 0.1) is 0 Å². The van der Waals surface area contributed by atoms with Crippen LogP contribution in [0.2, 0.25) is 0 Å². The summed E-state index contributed by atoms with van der Waals surface area (Å²) in [6, 6.07) is 1.21. The monoisotopic (exact) mass is 271 g/mol. The van der Waals surface area contributed by atoms with Gasteiger partial charge in [0.1, 0.15) is 5.60 Å². The minimum absolute atomic E-state index is 0.0658. The zero-order valence-corrected chi connectivity index (χ0v) is 13.1. The zero-order chi connectivity index (χ0) is 14.6. The van der Waals surface area contributed by atoms with Crippen molar-refractivity contribution in [1.29, 1.82) is 0 Å². The number of hydrogen-bond acceptors (Lipinski definition) is 4. The van der Waals surface area contributed by atoms with Gasteiger partial charge in [-0.15, -0.1) is 0 Å². The van der Waals surface area contributed by atoms with Gasteiger partial charge in [-0.05, 0) is 48.1 Å². The molecule has 1 fully saturated rings. The average molecular weight is 271 g/mol. The van der Waals surface area contributed by atoms with Crippen molar-refractivity contribution in [3.05, 3.63) is 0 Å². The van der Waals surface area contributed by atoms with Crippen molar-refractivity contribution in [2.45, 2.75) is 64.8 Å². The molecule has 0 spiro atoms. The molecule has 5 nitrogen and oxygen atoms in total. The van der Waals surface area contributed by atoms with E-state index in [-0.39, 0.29) is 12.1 Å². The van der Waals surface area contributed by atoms with E-state index in [9.17, 15) is 4.79 Å². The lowest BCUT2D eigenvalue weighted by atomic mass is 10.2. The molecule has 0 aliphatic carbocycles. The van der Waals surface area contributed by atoms with E-state index >= 15 is 0 Å². The zero-order valence-electron chi connectivity index (χ0n) is 13.1. The average Bonchev–Trinajstić information content (AvgIpc) is 2.52. The fourth-order valence-electron chi connectivity index (χ4n) is 2.24. The van der Waals surface area contributed by atoms with E-state index in [2.05, 4.69) is 29.5 Å². The van der Waals surface area contributed by atoms with Crippen molar-refractivity contribution in [3.63, 3.8) is 0 Å². The van der Waals surface area contributed by atoms with Crippen LogP contribution in [0.3, 0.4) is 0 Å². The van der Waals surface area contributed by atoms with E-state index in [0.717, 1.165) is 19.5 Å². The summed E-state index contributed by atoms with van der Waals surface area (Å²) in [7, 11) is 2.15. The first-order valence-corrected chi connectivity index (χ1v) is 7.10. The smallest absolute Gasteiger partial charge is 0.407 e. The maximum atomic E-state index is 11.6. The second-order valence-corrected chi connectivity index (χ2v) is 6.68. The van der Waals surface area contributed by atoms with Crippen LogP contribution in [0.15, 0.2) is 0 Å². The van der Waals surface area contributed by atoms with Gasteiger partial charge in [-0.25, -0.2) is 4.79 Å². The number of carbonyl (C=O) groups is 1. The second-order valence-electron chi connectivity index (χ2n) is 6.68. The Kier molecular flexibility index (Phi) is 5.62. The number of likely N-dealkylation sites (N-methyl/N-ethyl adjacent to an activating group) is 1. The molecule has 0 aromatic heterocycles. The third-order valence-electron chi connectivity index (χ3n) is 3.36. The molecule has 2 N–H and O–H groups in total. The van der Waals surface area contributed by atoms with Crippen molar-refractivity contribution in [3.8, 4) is 0 Å².